The van der Waals surface area contributed by atoms with Crippen LogP contribution in [0.1, 0.15) is 22.5 Å². The van der Waals surface area contributed by atoms with E-state index in [0.717, 1.165) is 11.5 Å². The second-order valence-electron chi connectivity index (χ2n) is 6.81. The summed E-state index contributed by atoms with van der Waals surface area (Å²) in [5, 5.41) is 5.17. The molecule has 0 amide bonds. The lowest BCUT2D eigenvalue weighted by Crippen LogP contribution is -2.17. The monoisotopic (exact) mass is 424 g/mol. The second kappa shape index (κ2) is 6.93. The summed E-state index contributed by atoms with van der Waals surface area (Å²) >= 11 is 0. The second-order valence-corrected chi connectivity index (χ2v) is 6.81. The van der Waals surface area contributed by atoms with Crippen LogP contribution < -0.4 is 0 Å². The molecule has 156 valence electrons. The van der Waals surface area contributed by atoms with Crippen LogP contribution in [0.25, 0.3) is 22.4 Å². The zero-order chi connectivity index (χ0) is 21.7. The van der Waals surface area contributed by atoms with Gasteiger partial charge in [0.1, 0.15) is 11.5 Å². The maximum absolute atomic E-state index is 13.2. The molecule has 0 atom stereocenters. The fraction of sp³-hybridized carbons (Fsp3) is 0.190. The van der Waals surface area contributed by atoms with Crippen LogP contribution in [0.3, 0.4) is 0 Å². The van der Waals surface area contributed by atoms with Crippen molar-refractivity contribution in [1.29, 1.82) is 0 Å². The van der Waals surface area contributed by atoms with E-state index in [1.165, 1.54) is 4.68 Å². The average Bonchev–Trinajstić information content (AvgIpc) is 3.24. The van der Waals surface area contributed by atoms with Gasteiger partial charge in [0.05, 0.1) is 23.2 Å². The van der Waals surface area contributed by atoms with Crippen LogP contribution >= 0.6 is 0 Å². The number of para-hydroxylation sites is 1. The van der Waals surface area contributed by atoms with Gasteiger partial charge in [-0.1, -0.05) is 24.3 Å². The van der Waals surface area contributed by atoms with Gasteiger partial charge in [0.15, 0.2) is 5.76 Å². The zero-order valence-electron chi connectivity index (χ0n) is 15.5. The minimum Gasteiger partial charge on any atom is -0.460 e. The predicted octanol–water partition coefficient (Wildman–Crippen LogP) is 6.69. The first-order chi connectivity index (χ1) is 14.0. The molecule has 0 spiro atoms. The van der Waals surface area contributed by atoms with E-state index in [1.807, 2.05) is 0 Å². The number of aryl methyl sites for hydroxylation is 1. The van der Waals surface area contributed by atoms with Crippen LogP contribution in [0.2, 0.25) is 0 Å². The lowest BCUT2D eigenvalue weighted by atomic mass is 10.0. The van der Waals surface area contributed by atoms with E-state index in [1.54, 1.807) is 43.3 Å². The smallest absolute Gasteiger partial charge is 0.417 e. The summed E-state index contributed by atoms with van der Waals surface area (Å²) in [5.41, 5.74) is -2.26. The van der Waals surface area contributed by atoms with Gasteiger partial charge in [-0.05, 0) is 42.8 Å². The molecule has 4 aromatic rings. The molecule has 0 aliphatic heterocycles. The maximum atomic E-state index is 13.2. The van der Waals surface area contributed by atoms with Crippen LogP contribution in [0.4, 0.5) is 26.3 Å². The molecule has 0 aliphatic carbocycles. The minimum absolute atomic E-state index is 0.0470. The first-order valence-corrected chi connectivity index (χ1v) is 8.84. The van der Waals surface area contributed by atoms with E-state index in [4.69, 9.17) is 4.42 Å². The van der Waals surface area contributed by atoms with Gasteiger partial charge in [-0.25, -0.2) is 0 Å². The Morgan fingerprint density at radius 3 is 2.20 bits per heavy atom. The summed E-state index contributed by atoms with van der Waals surface area (Å²) in [6.45, 7) is 1.63. The van der Waals surface area contributed by atoms with E-state index in [0.29, 0.717) is 34.9 Å². The molecule has 2 aromatic heterocycles. The van der Waals surface area contributed by atoms with Crippen molar-refractivity contribution in [3.63, 3.8) is 0 Å². The lowest BCUT2D eigenvalue weighted by molar-refractivity contribution is -0.162. The Hall–Kier alpha value is -3.23. The fourth-order valence-electron chi connectivity index (χ4n) is 3.34. The van der Waals surface area contributed by atoms with Gasteiger partial charge in [-0.3, -0.25) is 4.68 Å². The maximum Gasteiger partial charge on any atom is 0.417 e. The van der Waals surface area contributed by atoms with Gasteiger partial charge < -0.3 is 4.42 Å². The molecule has 3 nitrogen and oxygen atoms in total. The molecule has 9 heteroatoms. The van der Waals surface area contributed by atoms with Crippen LogP contribution in [0, 0.1) is 6.92 Å². The van der Waals surface area contributed by atoms with Crippen molar-refractivity contribution in [2.24, 2.45) is 0 Å². The molecule has 0 radical (unpaired) electrons. The molecular formula is C21H14F6N2O. The Kier molecular flexibility index (Phi) is 4.63. The molecule has 0 saturated carbocycles. The number of hydrogen-bond donors (Lipinski definition) is 0. The predicted molar refractivity (Wildman–Crippen MR) is 97.7 cm³/mol. The number of halogens is 6. The number of hydrogen-bond acceptors (Lipinski definition) is 2. The van der Waals surface area contributed by atoms with Gasteiger partial charge in [0.2, 0.25) is 0 Å². The van der Waals surface area contributed by atoms with E-state index in [9.17, 15) is 26.3 Å². The fourth-order valence-corrected chi connectivity index (χ4v) is 3.34. The summed E-state index contributed by atoms with van der Waals surface area (Å²) in [4.78, 5) is 0. The number of rotatable bonds is 3. The van der Waals surface area contributed by atoms with Crippen molar-refractivity contribution >= 4 is 10.9 Å². The molecular weight excluding hydrogens is 410 g/mol. The Bertz CT molecular complexity index is 1220. The summed E-state index contributed by atoms with van der Waals surface area (Å²) in [7, 11) is 0. The van der Waals surface area contributed by atoms with Crippen molar-refractivity contribution in [2.45, 2.75) is 25.8 Å². The van der Waals surface area contributed by atoms with Crippen LogP contribution in [-0.2, 0) is 18.9 Å². The molecule has 0 unspecified atom stereocenters. The number of furan rings is 1. The quantitative estimate of drug-likeness (QED) is 0.343. The van der Waals surface area contributed by atoms with E-state index < -0.39 is 23.5 Å². The summed E-state index contributed by atoms with van der Waals surface area (Å²) in [5.74, 6) is 1.16. The molecule has 4 rings (SSSR count). The van der Waals surface area contributed by atoms with Gasteiger partial charge in [0, 0.05) is 5.39 Å². The van der Waals surface area contributed by atoms with Crippen molar-refractivity contribution in [2.75, 3.05) is 0 Å². The summed E-state index contributed by atoms with van der Waals surface area (Å²) in [6.07, 6.45) is -10.2. The van der Waals surface area contributed by atoms with E-state index >= 15 is 0 Å². The normalized spacial score (nSPS) is 12.6. The number of benzene rings is 2. The first-order valence-electron chi connectivity index (χ1n) is 8.84. The highest BCUT2D eigenvalue weighted by Gasteiger charge is 2.43. The van der Waals surface area contributed by atoms with E-state index in [2.05, 4.69) is 5.10 Å². The van der Waals surface area contributed by atoms with Crippen molar-refractivity contribution in [3.05, 3.63) is 77.0 Å². The van der Waals surface area contributed by atoms with Crippen molar-refractivity contribution < 1.29 is 30.8 Å². The van der Waals surface area contributed by atoms with Crippen molar-refractivity contribution in [1.82, 2.24) is 9.78 Å². The Balaban J connectivity index is 1.80. The molecule has 0 aliphatic rings. The Morgan fingerprint density at radius 1 is 0.867 bits per heavy atom. The van der Waals surface area contributed by atoms with Crippen LogP contribution in [-0.4, -0.2) is 9.78 Å². The summed E-state index contributed by atoms with van der Waals surface area (Å²) < 4.78 is 85.8. The molecule has 30 heavy (non-hydrogen) atoms. The number of aromatic nitrogens is 2. The highest BCUT2D eigenvalue weighted by atomic mass is 19.4. The highest BCUT2D eigenvalue weighted by Crippen LogP contribution is 2.41. The number of alkyl halides is 6. The Labute approximate surface area is 166 Å². The minimum atomic E-state index is -5.14. The SMILES string of the molecule is Cc1ccc(-c2nn(Cc3ccc(C(F)(F)F)c(C(F)(F)F)c3)c3ccccc23)o1. The van der Waals surface area contributed by atoms with Gasteiger partial charge >= 0.3 is 12.4 Å². The third-order valence-electron chi connectivity index (χ3n) is 4.66. The van der Waals surface area contributed by atoms with Gasteiger partial charge in [0.25, 0.3) is 0 Å². The highest BCUT2D eigenvalue weighted by molar-refractivity contribution is 5.92. The molecule has 0 bridgehead atoms. The van der Waals surface area contributed by atoms with Crippen LogP contribution in [0.5, 0.6) is 0 Å². The lowest BCUT2D eigenvalue weighted by Gasteiger charge is -2.16. The Morgan fingerprint density at radius 2 is 1.57 bits per heavy atom. The first kappa shape index (κ1) is 20.1. The molecule has 0 fully saturated rings. The zero-order valence-corrected chi connectivity index (χ0v) is 15.5. The number of fused-ring (bicyclic) bond motifs is 1. The van der Waals surface area contributed by atoms with E-state index in [-0.39, 0.29) is 12.1 Å². The summed E-state index contributed by atoms with van der Waals surface area (Å²) in [6, 6.07) is 12.6. The molecule has 0 N–H and O–H groups in total. The molecule has 2 aromatic carbocycles. The standard InChI is InChI=1S/C21H14F6N2O/c1-12-6-9-18(30-12)19-14-4-2-3-5-17(14)29(28-19)11-13-7-8-15(20(22,23)24)16(10-13)21(25,26)27/h2-10H,11H2,1H3. The molecule has 0 saturated heterocycles. The van der Waals surface area contributed by atoms with Gasteiger partial charge in [-0.15, -0.1) is 0 Å². The van der Waals surface area contributed by atoms with Crippen LogP contribution in [0.15, 0.2) is 59.0 Å². The third-order valence-corrected chi connectivity index (χ3v) is 4.66. The molecule has 2 heterocycles. The largest absolute Gasteiger partial charge is 0.460 e. The average molecular weight is 424 g/mol. The topological polar surface area (TPSA) is 31.0 Å². The third kappa shape index (κ3) is 3.67. The van der Waals surface area contributed by atoms with Crippen molar-refractivity contribution in [3.8, 4) is 11.5 Å². The number of nitrogens with zero attached hydrogens (tertiary/aromatic N) is 2. The van der Waals surface area contributed by atoms with Gasteiger partial charge in [-0.2, -0.15) is 31.4 Å².